The number of aromatic amines is 1. The first-order chi connectivity index (χ1) is 11.2. The molecule has 0 spiro atoms. The maximum Gasteiger partial charge on any atom is 0.254 e. The topological polar surface area (TPSA) is 66.8 Å². The summed E-state index contributed by atoms with van der Waals surface area (Å²) in [5.41, 5.74) is 1.60. The molecule has 1 aromatic carbocycles. The smallest absolute Gasteiger partial charge is 0.254 e. The molecule has 1 atom stereocenters. The predicted molar refractivity (Wildman–Crippen MR) is 87.1 cm³/mol. The fourth-order valence-electron chi connectivity index (χ4n) is 3.40. The summed E-state index contributed by atoms with van der Waals surface area (Å²) in [6, 6.07) is 5.68. The third-order valence-corrected chi connectivity index (χ3v) is 4.65. The van der Waals surface area contributed by atoms with Crippen molar-refractivity contribution in [3.05, 3.63) is 48.2 Å². The minimum atomic E-state index is 0.0471. The largest absolute Gasteiger partial charge is 0.341 e. The molecule has 1 amide bonds. The van der Waals surface area contributed by atoms with Crippen molar-refractivity contribution in [2.75, 3.05) is 13.6 Å². The third-order valence-electron chi connectivity index (χ3n) is 4.65. The van der Waals surface area contributed by atoms with Crippen LogP contribution < -0.4 is 0 Å². The van der Waals surface area contributed by atoms with Gasteiger partial charge in [-0.1, -0.05) is 6.07 Å². The highest BCUT2D eigenvalue weighted by Gasteiger charge is 2.23. The molecule has 0 radical (unpaired) electrons. The van der Waals surface area contributed by atoms with E-state index in [0.717, 1.165) is 42.7 Å². The van der Waals surface area contributed by atoms with Crippen molar-refractivity contribution in [1.29, 1.82) is 0 Å². The number of aryl methyl sites for hydroxylation is 1. The highest BCUT2D eigenvalue weighted by Crippen LogP contribution is 2.22. The standard InChI is InChI=1S/C17H19N5O/c1-21(11-12-5-7-22-8-6-18-16(22)9-12)17(23)13-3-2-4-15-14(13)10-19-20-15/h2-4,6,8,10,12H,5,7,9,11H2,1H3,(H,19,20). The van der Waals surface area contributed by atoms with Crippen LogP contribution in [0.2, 0.25) is 0 Å². The first-order valence-corrected chi connectivity index (χ1v) is 7.90. The van der Waals surface area contributed by atoms with E-state index < -0.39 is 0 Å². The van der Waals surface area contributed by atoms with Crippen molar-refractivity contribution in [3.8, 4) is 0 Å². The number of nitrogens with one attached hydrogen (secondary N) is 1. The van der Waals surface area contributed by atoms with E-state index >= 15 is 0 Å². The molecule has 1 unspecified atom stereocenters. The van der Waals surface area contributed by atoms with E-state index in [-0.39, 0.29) is 5.91 Å². The van der Waals surface area contributed by atoms with Crippen LogP contribution in [0.15, 0.2) is 36.8 Å². The Hall–Kier alpha value is -2.63. The zero-order valence-corrected chi connectivity index (χ0v) is 13.1. The molecule has 0 saturated heterocycles. The van der Waals surface area contributed by atoms with E-state index in [0.29, 0.717) is 11.5 Å². The summed E-state index contributed by atoms with van der Waals surface area (Å²) in [5, 5.41) is 7.82. The number of nitrogens with zero attached hydrogens (tertiary/aromatic N) is 4. The molecular formula is C17H19N5O. The summed E-state index contributed by atoms with van der Waals surface area (Å²) < 4.78 is 2.20. The number of aromatic nitrogens is 4. The van der Waals surface area contributed by atoms with Gasteiger partial charge in [-0.2, -0.15) is 5.10 Å². The molecule has 3 heterocycles. The molecule has 23 heavy (non-hydrogen) atoms. The molecule has 1 aliphatic rings. The van der Waals surface area contributed by atoms with Gasteiger partial charge in [0.15, 0.2) is 0 Å². The van der Waals surface area contributed by atoms with Crippen LogP contribution in [0.3, 0.4) is 0 Å². The second-order valence-electron chi connectivity index (χ2n) is 6.22. The number of H-pyrrole nitrogens is 1. The van der Waals surface area contributed by atoms with Crippen LogP contribution in [-0.4, -0.2) is 44.1 Å². The molecule has 0 fully saturated rings. The van der Waals surface area contributed by atoms with Gasteiger partial charge in [0.05, 0.1) is 17.3 Å². The molecule has 6 nitrogen and oxygen atoms in total. The van der Waals surface area contributed by atoms with Gasteiger partial charge in [-0.3, -0.25) is 9.89 Å². The molecule has 3 aromatic rings. The van der Waals surface area contributed by atoms with E-state index in [2.05, 4.69) is 19.7 Å². The van der Waals surface area contributed by atoms with Crippen molar-refractivity contribution in [3.63, 3.8) is 0 Å². The summed E-state index contributed by atoms with van der Waals surface area (Å²) in [7, 11) is 1.88. The summed E-state index contributed by atoms with van der Waals surface area (Å²) in [6.07, 6.45) is 7.61. The quantitative estimate of drug-likeness (QED) is 0.805. The number of benzene rings is 1. The molecule has 0 bridgehead atoms. The Bertz CT molecular complexity index is 849. The second kappa shape index (κ2) is 5.53. The maximum absolute atomic E-state index is 12.8. The lowest BCUT2D eigenvalue weighted by molar-refractivity contribution is 0.0766. The normalized spacial score (nSPS) is 17.2. The van der Waals surface area contributed by atoms with Gasteiger partial charge < -0.3 is 9.47 Å². The highest BCUT2D eigenvalue weighted by atomic mass is 16.2. The van der Waals surface area contributed by atoms with E-state index in [9.17, 15) is 4.79 Å². The second-order valence-corrected chi connectivity index (χ2v) is 6.22. The van der Waals surface area contributed by atoms with Crippen LogP contribution in [-0.2, 0) is 13.0 Å². The Morgan fingerprint density at radius 2 is 2.39 bits per heavy atom. The molecule has 4 rings (SSSR count). The van der Waals surface area contributed by atoms with Gasteiger partial charge in [-0.15, -0.1) is 0 Å². The average molecular weight is 309 g/mol. The third kappa shape index (κ3) is 2.50. The Kier molecular flexibility index (Phi) is 3.37. The number of fused-ring (bicyclic) bond motifs is 2. The van der Waals surface area contributed by atoms with E-state index in [4.69, 9.17) is 0 Å². The van der Waals surface area contributed by atoms with Gasteiger partial charge in [0.25, 0.3) is 5.91 Å². The van der Waals surface area contributed by atoms with Crippen LogP contribution in [0.1, 0.15) is 22.6 Å². The van der Waals surface area contributed by atoms with Gasteiger partial charge >= 0.3 is 0 Å². The van der Waals surface area contributed by atoms with Crippen LogP contribution in [0, 0.1) is 5.92 Å². The Balaban J connectivity index is 1.50. The average Bonchev–Trinajstić information content (AvgIpc) is 3.21. The monoisotopic (exact) mass is 309 g/mol. The predicted octanol–water partition coefficient (Wildman–Crippen LogP) is 2.09. The van der Waals surface area contributed by atoms with E-state index in [1.807, 2.05) is 42.5 Å². The van der Waals surface area contributed by atoms with Crippen molar-refractivity contribution in [2.45, 2.75) is 19.4 Å². The minimum absolute atomic E-state index is 0.0471. The number of carbonyl (C=O) groups excluding carboxylic acids is 1. The maximum atomic E-state index is 12.8. The SMILES string of the molecule is CN(CC1CCn2ccnc2C1)C(=O)c1cccc2[nH]ncc12. The summed E-state index contributed by atoms with van der Waals surface area (Å²) >= 11 is 0. The Morgan fingerprint density at radius 1 is 1.48 bits per heavy atom. The lowest BCUT2D eigenvalue weighted by Gasteiger charge is -2.28. The van der Waals surface area contributed by atoms with Gasteiger partial charge in [0.1, 0.15) is 5.82 Å². The first-order valence-electron chi connectivity index (χ1n) is 7.90. The number of carbonyl (C=O) groups is 1. The van der Waals surface area contributed by atoms with Crippen molar-refractivity contribution >= 4 is 16.8 Å². The van der Waals surface area contributed by atoms with Crippen LogP contribution in [0.5, 0.6) is 0 Å². The van der Waals surface area contributed by atoms with Gasteiger partial charge in [-0.05, 0) is 24.5 Å². The van der Waals surface area contributed by atoms with Gasteiger partial charge in [0, 0.05) is 44.3 Å². The van der Waals surface area contributed by atoms with E-state index in [1.54, 1.807) is 6.20 Å². The van der Waals surface area contributed by atoms with Gasteiger partial charge in [-0.25, -0.2) is 4.98 Å². The summed E-state index contributed by atoms with van der Waals surface area (Å²) in [6.45, 7) is 1.74. The number of amides is 1. The fraction of sp³-hybridized carbons (Fsp3) is 0.353. The van der Waals surface area contributed by atoms with Crippen molar-refractivity contribution in [1.82, 2.24) is 24.6 Å². The molecular weight excluding hydrogens is 290 g/mol. The highest BCUT2D eigenvalue weighted by molar-refractivity contribution is 6.05. The van der Waals surface area contributed by atoms with Crippen LogP contribution in [0.4, 0.5) is 0 Å². The Morgan fingerprint density at radius 3 is 3.30 bits per heavy atom. The van der Waals surface area contributed by atoms with E-state index in [1.165, 1.54) is 0 Å². The lowest BCUT2D eigenvalue weighted by atomic mass is 9.97. The zero-order valence-electron chi connectivity index (χ0n) is 13.1. The minimum Gasteiger partial charge on any atom is -0.341 e. The van der Waals surface area contributed by atoms with Crippen molar-refractivity contribution in [2.24, 2.45) is 5.92 Å². The molecule has 0 saturated carbocycles. The van der Waals surface area contributed by atoms with Gasteiger partial charge in [0.2, 0.25) is 0 Å². The molecule has 1 aliphatic heterocycles. The number of hydrogen-bond donors (Lipinski definition) is 1. The molecule has 118 valence electrons. The van der Waals surface area contributed by atoms with Crippen LogP contribution >= 0.6 is 0 Å². The molecule has 0 aliphatic carbocycles. The number of rotatable bonds is 3. The lowest BCUT2D eigenvalue weighted by Crippen LogP contribution is -2.35. The number of imidazole rings is 1. The summed E-state index contributed by atoms with van der Waals surface area (Å²) in [5.74, 6) is 1.63. The molecule has 2 aromatic heterocycles. The first kappa shape index (κ1) is 14.0. The van der Waals surface area contributed by atoms with Crippen molar-refractivity contribution < 1.29 is 4.79 Å². The zero-order chi connectivity index (χ0) is 15.8. The summed E-state index contributed by atoms with van der Waals surface area (Å²) in [4.78, 5) is 19.0. The Labute approximate surface area is 134 Å². The number of hydrogen-bond acceptors (Lipinski definition) is 3. The molecule has 1 N–H and O–H groups in total. The van der Waals surface area contributed by atoms with Crippen LogP contribution in [0.25, 0.3) is 10.9 Å². The fourth-order valence-corrected chi connectivity index (χ4v) is 3.40. The molecule has 6 heteroatoms.